The number of rotatable bonds is 7. The van der Waals surface area contributed by atoms with Crippen molar-refractivity contribution in [3.63, 3.8) is 0 Å². The molecule has 174 valence electrons. The fourth-order valence-corrected chi connectivity index (χ4v) is 0.500. The molecule has 10 nitrogen and oxygen atoms in total. The van der Waals surface area contributed by atoms with Crippen LogP contribution in [0.4, 0.5) is 0 Å². The van der Waals surface area contributed by atoms with E-state index in [1.807, 2.05) is 0 Å². The average molecular weight is 417 g/mol. The van der Waals surface area contributed by atoms with E-state index in [9.17, 15) is 19.2 Å². The van der Waals surface area contributed by atoms with Gasteiger partial charge >= 0.3 is 23.9 Å². The molecule has 0 radical (unpaired) electrons. The van der Waals surface area contributed by atoms with Gasteiger partial charge in [-0.2, -0.15) is 0 Å². The van der Waals surface area contributed by atoms with E-state index < -0.39 is 23.9 Å². The number of carboxylic acids is 4. The summed E-state index contributed by atoms with van der Waals surface area (Å²) in [4.78, 5) is 37.5. The van der Waals surface area contributed by atoms with Crippen LogP contribution in [0, 0.1) is 0 Å². The standard InChI is InChI=1S/C6H14.4C3H6O2.2H3N/c1-3-5-6-4-2;4*1-2-3(4)5;;/h3-6H2,1-2H3;4*2H2,1H3,(H,4,5);2*1H3. The highest BCUT2D eigenvalue weighted by Gasteiger charge is 1.82. The molecule has 0 heterocycles. The van der Waals surface area contributed by atoms with Crippen LogP contribution < -0.4 is 12.3 Å². The predicted octanol–water partition coefficient (Wildman–Crippen LogP) is 4.83. The first-order chi connectivity index (χ1) is 12.0. The van der Waals surface area contributed by atoms with Gasteiger partial charge in [0.15, 0.2) is 0 Å². The van der Waals surface area contributed by atoms with Gasteiger partial charge in [0.05, 0.1) is 0 Å². The fraction of sp³-hybridized carbons (Fsp3) is 0.778. The molecule has 0 aliphatic rings. The molecule has 0 saturated carbocycles. The highest BCUT2D eigenvalue weighted by molar-refractivity contribution is 5.66. The van der Waals surface area contributed by atoms with Crippen molar-refractivity contribution in [1.82, 2.24) is 12.3 Å². The van der Waals surface area contributed by atoms with Gasteiger partial charge in [-0.25, -0.2) is 0 Å². The fourth-order valence-electron chi connectivity index (χ4n) is 0.500. The highest BCUT2D eigenvalue weighted by Crippen LogP contribution is 1.95. The van der Waals surface area contributed by atoms with Crippen LogP contribution in [0.1, 0.15) is 92.9 Å². The van der Waals surface area contributed by atoms with Crippen molar-refractivity contribution in [3.05, 3.63) is 0 Å². The van der Waals surface area contributed by atoms with E-state index >= 15 is 0 Å². The summed E-state index contributed by atoms with van der Waals surface area (Å²) in [6.07, 6.45) is 6.43. The van der Waals surface area contributed by atoms with E-state index in [1.54, 1.807) is 27.7 Å². The molecule has 0 aliphatic heterocycles. The molecule has 0 amide bonds. The van der Waals surface area contributed by atoms with E-state index in [2.05, 4.69) is 13.8 Å². The zero-order valence-corrected chi connectivity index (χ0v) is 18.5. The third-order valence-electron chi connectivity index (χ3n) is 2.17. The molecule has 0 aromatic heterocycles. The minimum absolute atomic E-state index is 0. The van der Waals surface area contributed by atoms with Crippen LogP contribution in [0.3, 0.4) is 0 Å². The van der Waals surface area contributed by atoms with Crippen LogP contribution in [0.25, 0.3) is 0 Å². The molecule has 28 heavy (non-hydrogen) atoms. The number of aliphatic carboxylic acids is 4. The van der Waals surface area contributed by atoms with Crippen molar-refractivity contribution in [2.24, 2.45) is 0 Å². The van der Waals surface area contributed by atoms with E-state index in [-0.39, 0.29) is 38.0 Å². The van der Waals surface area contributed by atoms with Crippen molar-refractivity contribution in [2.45, 2.75) is 92.9 Å². The van der Waals surface area contributed by atoms with Crippen molar-refractivity contribution < 1.29 is 39.6 Å². The first-order valence-electron chi connectivity index (χ1n) is 8.87. The second-order valence-corrected chi connectivity index (χ2v) is 4.70. The maximum absolute atomic E-state index is 9.37. The number of carbonyl (C=O) groups is 4. The molecule has 0 saturated heterocycles. The van der Waals surface area contributed by atoms with Crippen LogP contribution in [0.2, 0.25) is 0 Å². The Kier molecular flexibility index (Phi) is 71.1. The summed E-state index contributed by atoms with van der Waals surface area (Å²) in [5.74, 6) is -2.98. The molecular formula is C18H44N2O8. The Bertz CT molecular complexity index is 278. The summed E-state index contributed by atoms with van der Waals surface area (Å²) in [7, 11) is 0. The van der Waals surface area contributed by atoms with Crippen molar-refractivity contribution in [3.8, 4) is 0 Å². The highest BCUT2D eigenvalue weighted by atomic mass is 16.4. The first-order valence-corrected chi connectivity index (χ1v) is 8.87. The Balaban J connectivity index is -0.0000000388. The number of hydrogen-bond acceptors (Lipinski definition) is 6. The molecule has 0 aromatic carbocycles. The second kappa shape index (κ2) is 44.3. The molecule has 0 spiro atoms. The third-order valence-corrected chi connectivity index (χ3v) is 2.17. The first kappa shape index (κ1) is 44.9. The largest absolute Gasteiger partial charge is 0.481 e. The lowest BCUT2D eigenvalue weighted by molar-refractivity contribution is -0.137. The quantitative estimate of drug-likeness (QED) is 0.310. The van der Waals surface area contributed by atoms with Crippen LogP contribution in [-0.4, -0.2) is 44.3 Å². The predicted molar refractivity (Wildman–Crippen MR) is 112 cm³/mol. The summed E-state index contributed by atoms with van der Waals surface area (Å²) < 4.78 is 0. The average Bonchev–Trinajstić information content (AvgIpc) is 2.61. The van der Waals surface area contributed by atoms with E-state index in [0.717, 1.165) is 0 Å². The monoisotopic (exact) mass is 416 g/mol. The van der Waals surface area contributed by atoms with Crippen molar-refractivity contribution >= 4 is 23.9 Å². The Labute approximate surface area is 169 Å². The molecule has 0 unspecified atom stereocenters. The molecule has 0 rings (SSSR count). The van der Waals surface area contributed by atoms with Gasteiger partial charge in [0, 0.05) is 25.7 Å². The van der Waals surface area contributed by atoms with Crippen molar-refractivity contribution in [1.29, 1.82) is 0 Å². The van der Waals surface area contributed by atoms with E-state index in [1.165, 1.54) is 25.7 Å². The minimum Gasteiger partial charge on any atom is -0.481 e. The minimum atomic E-state index is -0.745. The van der Waals surface area contributed by atoms with Gasteiger partial charge in [-0.15, -0.1) is 0 Å². The van der Waals surface area contributed by atoms with Gasteiger partial charge in [0.2, 0.25) is 0 Å². The number of hydrogen-bond donors (Lipinski definition) is 6. The normalized spacial score (nSPS) is 7.21. The maximum atomic E-state index is 9.37. The van der Waals surface area contributed by atoms with Gasteiger partial charge < -0.3 is 32.7 Å². The summed E-state index contributed by atoms with van der Waals surface area (Å²) in [5.41, 5.74) is 0. The molecule has 0 atom stereocenters. The van der Waals surface area contributed by atoms with Gasteiger partial charge in [0.1, 0.15) is 0 Å². The van der Waals surface area contributed by atoms with E-state index in [4.69, 9.17) is 20.4 Å². The number of unbranched alkanes of at least 4 members (excludes halogenated alkanes) is 3. The lowest BCUT2D eigenvalue weighted by Crippen LogP contribution is -1.86. The van der Waals surface area contributed by atoms with Gasteiger partial charge in [0.25, 0.3) is 0 Å². The summed E-state index contributed by atoms with van der Waals surface area (Å²) in [5, 5.41) is 30.9. The second-order valence-electron chi connectivity index (χ2n) is 4.70. The van der Waals surface area contributed by atoms with Gasteiger partial charge in [-0.05, 0) is 0 Å². The Morgan fingerprint density at radius 2 is 0.571 bits per heavy atom. The van der Waals surface area contributed by atoms with Gasteiger partial charge in [-0.3, -0.25) is 19.2 Å². The van der Waals surface area contributed by atoms with Gasteiger partial charge in [-0.1, -0.05) is 67.2 Å². The van der Waals surface area contributed by atoms with Crippen LogP contribution >= 0.6 is 0 Å². The summed E-state index contributed by atoms with van der Waals surface area (Å²) in [6.45, 7) is 10.9. The lowest BCUT2D eigenvalue weighted by Gasteiger charge is -1.86. The maximum Gasteiger partial charge on any atom is 0.303 e. The molecule has 0 aromatic rings. The SMILES string of the molecule is CCC(=O)O.CCC(=O)O.CCC(=O)O.CCC(=O)O.CCCCCC.N.N. The smallest absolute Gasteiger partial charge is 0.303 e. The topological polar surface area (TPSA) is 219 Å². The molecular weight excluding hydrogens is 372 g/mol. The zero-order chi connectivity index (χ0) is 22.0. The number of carboxylic acid groups (broad SMARTS) is 4. The molecule has 0 bridgehead atoms. The van der Waals surface area contributed by atoms with E-state index in [0.29, 0.717) is 0 Å². The van der Waals surface area contributed by atoms with Crippen LogP contribution in [0.5, 0.6) is 0 Å². The van der Waals surface area contributed by atoms with Crippen LogP contribution in [0.15, 0.2) is 0 Å². The third kappa shape index (κ3) is 160. The Hall–Kier alpha value is -2.20. The van der Waals surface area contributed by atoms with Crippen molar-refractivity contribution in [2.75, 3.05) is 0 Å². The molecule has 0 fully saturated rings. The molecule has 0 aliphatic carbocycles. The summed E-state index contributed by atoms with van der Waals surface area (Å²) >= 11 is 0. The van der Waals surface area contributed by atoms with Crippen LogP contribution in [-0.2, 0) is 19.2 Å². The molecule has 10 heteroatoms. The molecule has 10 N–H and O–H groups in total. The zero-order valence-electron chi connectivity index (χ0n) is 18.5. The Morgan fingerprint density at radius 1 is 0.464 bits per heavy atom. The summed E-state index contributed by atoms with van der Waals surface area (Å²) in [6, 6.07) is 0. The Morgan fingerprint density at radius 3 is 0.607 bits per heavy atom. The lowest BCUT2D eigenvalue weighted by atomic mass is 10.2.